The van der Waals surface area contributed by atoms with E-state index in [9.17, 15) is 0 Å². The Kier molecular flexibility index (Phi) is 7.39. The second-order valence-electron chi connectivity index (χ2n) is 9.71. The van der Waals surface area contributed by atoms with Gasteiger partial charge in [0, 0.05) is 50.7 Å². The Hall–Kier alpha value is -1.96. The molecule has 31 heavy (non-hydrogen) atoms. The van der Waals surface area contributed by atoms with Crippen LogP contribution in [0.3, 0.4) is 0 Å². The molecule has 0 atom stereocenters. The number of hydrogen-bond acceptors (Lipinski definition) is 5. The summed E-state index contributed by atoms with van der Waals surface area (Å²) in [5.41, 5.74) is 3.37. The predicted molar refractivity (Wildman–Crippen MR) is 128 cm³/mol. The van der Waals surface area contributed by atoms with E-state index >= 15 is 4.39 Å². The molecule has 7 heteroatoms. The molecule has 1 saturated heterocycles. The van der Waals surface area contributed by atoms with E-state index in [-0.39, 0.29) is 10.9 Å². The quantitative estimate of drug-likeness (QED) is 0.547. The molecule has 170 valence electrons. The predicted octanol–water partition coefficient (Wildman–Crippen LogP) is 5.22. The molecule has 0 saturated carbocycles. The summed E-state index contributed by atoms with van der Waals surface area (Å²) in [6.45, 7) is 15.0. The second-order valence-corrected chi connectivity index (χ2v) is 14.5. The van der Waals surface area contributed by atoms with E-state index in [1.807, 2.05) is 30.5 Å². The molecule has 0 N–H and O–H groups in total. The van der Waals surface area contributed by atoms with Crippen LogP contribution >= 0.6 is 0 Å². The number of halogens is 1. The zero-order chi connectivity index (χ0) is 22.6. The maximum absolute atomic E-state index is 15.3. The lowest BCUT2D eigenvalue weighted by Crippen LogP contribution is -2.47. The summed E-state index contributed by atoms with van der Waals surface area (Å²) in [6.07, 6.45) is 1.82. The van der Waals surface area contributed by atoms with Crippen molar-refractivity contribution in [2.45, 2.75) is 52.1 Å². The summed E-state index contributed by atoms with van der Waals surface area (Å²) >= 11 is 0. The van der Waals surface area contributed by atoms with E-state index in [0.29, 0.717) is 24.5 Å². The maximum Gasteiger partial charge on any atom is 0.192 e. The van der Waals surface area contributed by atoms with Crippen molar-refractivity contribution in [3.05, 3.63) is 53.6 Å². The molecule has 5 nitrogen and oxygen atoms in total. The van der Waals surface area contributed by atoms with Gasteiger partial charge in [-0.3, -0.25) is 4.98 Å². The number of anilines is 2. The molecular formula is C24H36FN3O2Si. The van der Waals surface area contributed by atoms with Gasteiger partial charge in [-0.2, -0.15) is 0 Å². The van der Waals surface area contributed by atoms with Crippen LogP contribution in [0.4, 0.5) is 15.8 Å². The van der Waals surface area contributed by atoms with Gasteiger partial charge in [0.2, 0.25) is 0 Å². The highest BCUT2D eigenvalue weighted by Crippen LogP contribution is 2.37. The molecule has 0 spiro atoms. The maximum atomic E-state index is 15.3. The van der Waals surface area contributed by atoms with Gasteiger partial charge in [0.1, 0.15) is 0 Å². The number of methoxy groups -OCH3 is 1. The van der Waals surface area contributed by atoms with Crippen molar-refractivity contribution < 1.29 is 13.6 Å². The highest BCUT2D eigenvalue weighted by atomic mass is 28.4. The number of piperazine rings is 1. The highest BCUT2D eigenvalue weighted by Gasteiger charge is 2.37. The number of pyridine rings is 1. The van der Waals surface area contributed by atoms with Crippen molar-refractivity contribution in [3.8, 4) is 0 Å². The Labute approximate surface area is 187 Å². The molecule has 0 bridgehead atoms. The topological polar surface area (TPSA) is 37.8 Å². The third-order valence-corrected chi connectivity index (χ3v) is 11.0. The molecule has 0 aliphatic carbocycles. The minimum Gasteiger partial charge on any atom is -0.412 e. The van der Waals surface area contributed by atoms with Gasteiger partial charge in [-0.25, -0.2) is 4.39 Å². The Bertz CT molecular complexity index is 877. The molecule has 1 fully saturated rings. The van der Waals surface area contributed by atoms with Gasteiger partial charge >= 0.3 is 0 Å². The molecular weight excluding hydrogens is 409 g/mol. The molecule has 2 heterocycles. The van der Waals surface area contributed by atoms with E-state index in [1.165, 1.54) is 0 Å². The van der Waals surface area contributed by atoms with Crippen molar-refractivity contribution in [2.24, 2.45) is 0 Å². The van der Waals surface area contributed by atoms with Crippen LogP contribution < -0.4 is 9.80 Å². The summed E-state index contributed by atoms with van der Waals surface area (Å²) in [5.74, 6) is -0.152. The van der Waals surface area contributed by atoms with Gasteiger partial charge in [-0.1, -0.05) is 32.9 Å². The van der Waals surface area contributed by atoms with Gasteiger partial charge in [0.25, 0.3) is 0 Å². The van der Waals surface area contributed by atoms with Crippen LogP contribution in [0.2, 0.25) is 18.1 Å². The third kappa shape index (κ3) is 5.64. The van der Waals surface area contributed by atoms with Crippen LogP contribution in [-0.2, 0) is 22.4 Å². The van der Waals surface area contributed by atoms with E-state index in [0.717, 1.165) is 37.6 Å². The third-order valence-electron chi connectivity index (χ3n) is 6.53. The summed E-state index contributed by atoms with van der Waals surface area (Å²) in [6, 6.07) is 9.75. The fourth-order valence-corrected chi connectivity index (χ4v) is 4.44. The summed E-state index contributed by atoms with van der Waals surface area (Å²) in [5, 5.41) is 0.105. The van der Waals surface area contributed by atoms with Crippen molar-refractivity contribution >= 4 is 19.7 Å². The second kappa shape index (κ2) is 9.67. The number of hydrogen-bond donors (Lipinski definition) is 0. The fourth-order valence-electron chi connectivity index (χ4n) is 3.49. The average Bonchev–Trinajstić information content (AvgIpc) is 2.73. The Balaban J connectivity index is 1.66. The van der Waals surface area contributed by atoms with Gasteiger partial charge in [0.15, 0.2) is 14.1 Å². The first kappa shape index (κ1) is 23.7. The van der Waals surface area contributed by atoms with Crippen LogP contribution in [0.25, 0.3) is 0 Å². The van der Waals surface area contributed by atoms with Crippen LogP contribution in [0, 0.1) is 5.82 Å². The number of rotatable bonds is 7. The Morgan fingerprint density at radius 2 is 1.71 bits per heavy atom. The molecule has 0 amide bonds. The SMILES string of the molecule is COCc1cc(N2CCN(c3cccc(CO[Si](C)(C)C(C)(C)C)c3F)CC2)ccn1. The summed E-state index contributed by atoms with van der Waals surface area (Å²) in [4.78, 5) is 8.79. The molecule has 0 unspecified atom stereocenters. The van der Waals surface area contributed by atoms with Gasteiger partial charge in [-0.05, 0) is 36.3 Å². The van der Waals surface area contributed by atoms with Gasteiger partial charge in [0.05, 0.1) is 24.6 Å². The molecule has 0 radical (unpaired) electrons. The highest BCUT2D eigenvalue weighted by molar-refractivity contribution is 6.74. The molecule has 1 aliphatic rings. The lowest BCUT2D eigenvalue weighted by molar-refractivity contribution is 0.181. The summed E-state index contributed by atoms with van der Waals surface area (Å²) in [7, 11) is -0.252. The van der Waals surface area contributed by atoms with E-state index in [2.05, 4.69) is 54.7 Å². The first-order valence-corrected chi connectivity index (χ1v) is 13.9. The van der Waals surface area contributed by atoms with Crippen molar-refractivity contribution in [1.82, 2.24) is 4.98 Å². The molecule has 3 rings (SSSR count). The van der Waals surface area contributed by atoms with Crippen LogP contribution in [0.5, 0.6) is 0 Å². The zero-order valence-electron chi connectivity index (χ0n) is 19.7. The van der Waals surface area contributed by atoms with Gasteiger partial charge < -0.3 is 19.0 Å². The first-order chi connectivity index (χ1) is 14.6. The Morgan fingerprint density at radius 3 is 2.35 bits per heavy atom. The minimum absolute atomic E-state index is 0.105. The fraction of sp³-hybridized carbons (Fsp3) is 0.542. The number of nitrogens with zero attached hydrogens (tertiary/aromatic N) is 3. The number of ether oxygens (including phenoxy) is 1. The number of aromatic nitrogens is 1. The van der Waals surface area contributed by atoms with Crippen LogP contribution in [0.15, 0.2) is 36.5 Å². The van der Waals surface area contributed by atoms with Crippen LogP contribution in [0.1, 0.15) is 32.0 Å². The van der Waals surface area contributed by atoms with E-state index in [4.69, 9.17) is 9.16 Å². The zero-order valence-corrected chi connectivity index (χ0v) is 20.7. The molecule has 2 aromatic rings. The van der Waals surface area contributed by atoms with Gasteiger partial charge in [-0.15, -0.1) is 0 Å². The largest absolute Gasteiger partial charge is 0.412 e. The van der Waals surface area contributed by atoms with E-state index < -0.39 is 8.32 Å². The smallest absolute Gasteiger partial charge is 0.192 e. The standard InChI is InChI=1S/C24H36FN3O2Si/c1-24(2,3)31(5,6)30-17-19-8-7-9-22(23(19)25)28-14-12-27(13-15-28)21-10-11-26-20(16-21)18-29-4/h7-11,16H,12-15,17-18H2,1-6H3. The normalized spacial score (nSPS) is 15.5. The summed E-state index contributed by atoms with van der Waals surface area (Å²) < 4.78 is 26.8. The van der Waals surface area contributed by atoms with Crippen molar-refractivity contribution in [2.75, 3.05) is 43.1 Å². The first-order valence-electron chi connectivity index (χ1n) is 11.0. The number of benzene rings is 1. The van der Waals surface area contributed by atoms with Crippen LogP contribution in [-0.4, -0.2) is 46.6 Å². The van der Waals surface area contributed by atoms with Crippen molar-refractivity contribution in [1.29, 1.82) is 0 Å². The molecule has 1 aliphatic heterocycles. The average molecular weight is 446 g/mol. The monoisotopic (exact) mass is 445 g/mol. The van der Waals surface area contributed by atoms with Crippen molar-refractivity contribution in [3.63, 3.8) is 0 Å². The minimum atomic E-state index is -1.93. The molecule has 1 aromatic carbocycles. The Morgan fingerprint density at radius 1 is 1.03 bits per heavy atom. The van der Waals surface area contributed by atoms with E-state index in [1.54, 1.807) is 7.11 Å². The lowest BCUT2D eigenvalue weighted by Gasteiger charge is -2.38. The lowest BCUT2D eigenvalue weighted by atomic mass is 10.1. The molecule has 1 aromatic heterocycles.